The Balaban J connectivity index is 1.68. The van der Waals surface area contributed by atoms with Crippen LogP contribution in [0.2, 0.25) is 0 Å². The molecule has 0 saturated heterocycles. The van der Waals surface area contributed by atoms with E-state index in [1.807, 2.05) is 55.5 Å². The van der Waals surface area contributed by atoms with Gasteiger partial charge in [0.25, 0.3) is 5.22 Å². The van der Waals surface area contributed by atoms with Gasteiger partial charge in [-0.1, -0.05) is 29.8 Å². The average Bonchev–Trinajstić information content (AvgIpc) is 3.11. The number of nitrogens with zero attached hydrogens (tertiary/aromatic N) is 3. The van der Waals surface area contributed by atoms with Gasteiger partial charge in [0, 0.05) is 5.56 Å². The number of hydrogen-bond acceptors (Lipinski definition) is 6. The van der Waals surface area contributed by atoms with Gasteiger partial charge in [-0.2, -0.15) is 5.26 Å². The van der Waals surface area contributed by atoms with Crippen molar-refractivity contribution < 1.29 is 9.15 Å². The van der Waals surface area contributed by atoms with Crippen LogP contribution in [0.1, 0.15) is 11.1 Å². The molecule has 1 atom stereocenters. The summed E-state index contributed by atoms with van der Waals surface area (Å²) in [5.74, 6) is 1.19. The Morgan fingerprint density at radius 1 is 1.12 bits per heavy atom. The van der Waals surface area contributed by atoms with Gasteiger partial charge < -0.3 is 9.15 Å². The number of aryl methyl sites for hydroxylation is 1. The van der Waals surface area contributed by atoms with E-state index >= 15 is 0 Å². The summed E-state index contributed by atoms with van der Waals surface area (Å²) in [6.07, 6.45) is 0.627. The SMILES string of the molecule is COc1ccc(-c2nnc(S[C@@H](C#N)Cc3ccc(C)cc3)o2)cc1. The third-order valence-electron chi connectivity index (χ3n) is 3.67. The Labute approximate surface area is 150 Å². The van der Waals surface area contributed by atoms with Crippen molar-refractivity contribution in [3.63, 3.8) is 0 Å². The molecule has 0 bridgehead atoms. The molecule has 5 nitrogen and oxygen atoms in total. The summed E-state index contributed by atoms with van der Waals surface area (Å²) in [5.41, 5.74) is 3.12. The predicted octanol–water partition coefficient (Wildman–Crippen LogP) is 4.28. The highest BCUT2D eigenvalue weighted by Crippen LogP contribution is 2.28. The molecule has 2 aromatic carbocycles. The van der Waals surface area contributed by atoms with Crippen LogP contribution in [0, 0.1) is 18.3 Å². The fourth-order valence-electron chi connectivity index (χ4n) is 2.28. The summed E-state index contributed by atoms with van der Waals surface area (Å²) in [5, 5.41) is 17.6. The topological polar surface area (TPSA) is 71.9 Å². The lowest BCUT2D eigenvalue weighted by Crippen LogP contribution is -2.03. The molecule has 126 valence electrons. The molecule has 3 rings (SSSR count). The fourth-order valence-corrected chi connectivity index (χ4v) is 3.07. The molecule has 6 heteroatoms. The Kier molecular flexibility index (Phi) is 5.36. The predicted molar refractivity (Wildman–Crippen MR) is 96.4 cm³/mol. The van der Waals surface area contributed by atoms with E-state index in [0.29, 0.717) is 17.5 Å². The van der Waals surface area contributed by atoms with Crippen molar-refractivity contribution in [1.29, 1.82) is 5.26 Å². The third-order valence-corrected chi connectivity index (χ3v) is 4.60. The smallest absolute Gasteiger partial charge is 0.278 e. The van der Waals surface area contributed by atoms with E-state index in [9.17, 15) is 5.26 Å². The summed E-state index contributed by atoms with van der Waals surface area (Å²) in [6.45, 7) is 2.04. The van der Waals surface area contributed by atoms with Crippen molar-refractivity contribution in [2.24, 2.45) is 0 Å². The van der Waals surface area contributed by atoms with E-state index in [2.05, 4.69) is 16.3 Å². The quantitative estimate of drug-likeness (QED) is 0.617. The van der Waals surface area contributed by atoms with Crippen molar-refractivity contribution in [3.8, 4) is 23.3 Å². The highest BCUT2D eigenvalue weighted by Gasteiger charge is 2.16. The van der Waals surface area contributed by atoms with Gasteiger partial charge >= 0.3 is 0 Å². The third kappa shape index (κ3) is 4.40. The van der Waals surface area contributed by atoms with Crippen LogP contribution in [-0.4, -0.2) is 22.6 Å². The van der Waals surface area contributed by atoms with E-state index in [-0.39, 0.29) is 5.25 Å². The molecular formula is C19H17N3O2S. The molecule has 0 saturated carbocycles. The first kappa shape index (κ1) is 17.1. The van der Waals surface area contributed by atoms with E-state index < -0.39 is 0 Å². The van der Waals surface area contributed by atoms with E-state index in [1.165, 1.54) is 17.3 Å². The maximum atomic E-state index is 9.41. The average molecular weight is 351 g/mol. The van der Waals surface area contributed by atoms with Gasteiger partial charge in [0.15, 0.2) is 0 Å². The van der Waals surface area contributed by atoms with Gasteiger partial charge in [-0.3, -0.25) is 0 Å². The molecule has 0 N–H and O–H groups in total. The second-order valence-corrected chi connectivity index (χ2v) is 6.68. The molecule has 0 amide bonds. The molecule has 3 aromatic rings. The Hall–Kier alpha value is -2.78. The molecule has 0 aliphatic carbocycles. The van der Waals surface area contributed by atoms with Crippen LogP contribution in [-0.2, 0) is 6.42 Å². The first-order valence-corrected chi connectivity index (χ1v) is 8.65. The lowest BCUT2D eigenvalue weighted by Gasteiger charge is -2.06. The van der Waals surface area contributed by atoms with Gasteiger partial charge in [-0.05, 0) is 54.9 Å². The Bertz CT molecular complexity index is 867. The highest BCUT2D eigenvalue weighted by atomic mass is 32.2. The van der Waals surface area contributed by atoms with Crippen LogP contribution in [0.15, 0.2) is 58.2 Å². The number of benzene rings is 2. The number of aromatic nitrogens is 2. The standard InChI is InChI=1S/C19H17N3O2S/c1-13-3-5-14(6-4-13)11-17(12-20)25-19-22-21-18(24-19)15-7-9-16(23-2)10-8-15/h3-10,17H,11H2,1-2H3/t17-/m1/s1. The molecule has 25 heavy (non-hydrogen) atoms. The zero-order chi connectivity index (χ0) is 17.6. The number of ether oxygens (including phenoxy) is 1. The largest absolute Gasteiger partial charge is 0.497 e. The van der Waals surface area contributed by atoms with Gasteiger partial charge in [0.1, 0.15) is 11.0 Å². The second-order valence-electron chi connectivity index (χ2n) is 5.53. The molecule has 0 unspecified atom stereocenters. The van der Waals surface area contributed by atoms with E-state index in [4.69, 9.17) is 9.15 Å². The summed E-state index contributed by atoms with van der Waals surface area (Å²) in [7, 11) is 1.62. The molecule has 0 fully saturated rings. The van der Waals surface area contributed by atoms with E-state index in [0.717, 1.165) is 16.9 Å². The van der Waals surface area contributed by atoms with Crippen molar-refractivity contribution in [3.05, 3.63) is 59.7 Å². The van der Waals surface area contributed by atoms with Crippen LogP contribution in [0.4, 0.5) is 0 Å². The molecule has 0 aliphatic rings. The van der Waals surface area contributed by atoms with Crippen LogP contribution < -0.4 is 4.74 Å². The van der Waals surface area contributed by atoms with Crippen molar-refractivity contribution in [2.75, 3.05) is 7.11 Å². The summed E-state index contributed by atoms with van der Waals surface area (Å²) in [4.78, 5) is 0. The number of thioether (sulfide) groups is 1. The maximum absolute atomic E-state index is 9.41. The molecule has 0 radical (unpaired) electrons. The normalized spacial score (nSPS) is 11.7. The first-order valence-electron chi connectivity index (χ1n) is 7.77. The summed E-state index contributed by atoms with van der Waals surface area (Å²) < 4.78 is 10.8. The maximum Gasteiger partial charge on any atom is 0.278 e. The minimum atomic E-state index is -0.285. The Morgan fingerprint density at radius 3 is 2.48 bits per heavy atom. The molecule has 0 spiro atoms. The van der Waals surface area contributed by atoms with Crippen LogP contribution in [0.25, 0.3) is 11.5 Å². The molecular weight excluding hydrogens is 334 g/mol. The van der Waals surface area contributed by atoms with Gasteiger partial charge in [-0.15, -0.1) is 10.2 Å². The number of hydrogen-bond donors (Lipinski definition) is 0. The summed E-state index contributed by atoms with van der Waals surface area (Å²) >= 11 is 1.28. The monoisotopic (exact) mass is 351 g/mol. The lowest BCUT2D eigenvalue weighted by molar-refractivity contribution is 0.414. The van der Waals surface area contributed by atoms with E-state index in [1.54, 1.807) is 7.11 Å². The molecule has 1 heterocycles. The highest BCUT2D eigenvalue weighted by molar-refractivity contribution is 7.99. The minimum absolute atomic E-state index is 0.285. The van der Waals surface area contributed by atoms with Crippen LogP contribution in [0.5, 0.6) is 5.75 Å². The zero-order valence-electron chi connectivity index (χ0n) is 14.0. The number of nitriles is 1. The first-order chi connectivity index (χ1) is 12.2. The fraction of sp³-hybridized carbons (Fsp3) is 0.211. The van der Waals surface area contributed by atoms with Crippen LogP contribution in [0.3, 0.4) is 0 Å². The number of methoxy groups -OCH3 is 1. The van der Waals surface area contributed by atoms with Crippen molar-refractivity contribution in [1.82, 2.24) is 10.2 Å². The lowest BCUT2D eigenvalue weighted by atomic mass is 10.1. The minimum Gasteiger partial charge on any atom is -0.497 e. The zero-order valence-corrected chi connectivity index (χ0v) is 14.8. The van der Waals surface area contributed by atoms with Gasteiger partial charge in [0.05, 0.1) is 13.2 Å². The van der Waals surface area contributed by atoms with Crippen molar-refractivity contribution in [2.45, 2.75) is 23.8 Å². The summed E-state index contributed by atoms with van der Waals surface area (Å²) in [6, 6.07) is 17.8. The van der Waals surface area contributed by atoms with Gasteiger partial charge in [0.2, 0.25) is 5.89 Å². The van der Waals surface area contributed by atoms with Gasteiger partial charge in [-0.25, -0.2) is 0 Å². The molecule has 1 aromatic heterocycles. The molecule has 0 aliphatic heterocycles. The number of rotatable bonds is 6. The van der Waals surface area contributed by atoms with Crippen LogP contribution >= 0.6 is 11.8 Å². The Morgan fingerprint density at radius 2 is 1.84 bits per heavy atom. The van der Waals surface area contributed by atoms with Crippen molar-refractivity contribution >= 4 is 11.8 Å². The second kappa shape index (κ2) is 7.86.